The van der Waals surface area contributed by atoms with Gasteiger partial charge in [-0.2, -0.15) is 0 Å². The zero-order chi connectivity index (χ0) is 10.5. The highest BCUT2D eigenvalue weighted by Crippen LogP contribution is 2.22. The Morgan fingerprint density at radius 1 is 1.62 bits per heavy atom. The Morgan fingerprint density at radius 2 is 2.15 bits per heavy atom. The third-order valence-corrected chi connectivity index (χ3v) is 2.54. The van der Waals surface area contributed by atoms with Crippen LogP contribution in [0.3, 0.4) is 0 Å². The summed E-state index contributed by atoms with van der Waals surface area (Å²) in [5.74, 6) is 2.92. The number of nitrogens with one attached hydrogen (secondary N) is 1. The first kappa shape index (κ1) is 12.4. The monoisotopic (exact) mass is 199 g/mol. The number of rotatable bonds is 3. The second kappa shape index (κ2) is 5.18. The smallest absolute Gasteiger partial charge is 0.230 e. The van der Waals surface area contributed by atoms with E-state index >= 15 is 0 Å². The van der Waals surface area contributed by atoms with Gasteiger partial charge in [-0.3, -0.25) is 4.79 Å². The molecule has 0 bridgehead atoms. The highest BCUT2D eigenvalue weighted by Gasteiger charge is 2.13. The van der Waals surface area contributed by atoms with Crippen molar-refractivity contribution < 1.29 is 4.79 Å². The van der Waals surface area contributed by atoms with E-state index in [-0.39, 0.29) is 16.7 Å². The Morgan fingerprint density at radius 3 is 2.54 bits per heavy atom. The molecule has 1 unspecified atom stereocenters. The Labute approximate surface area is 84.9 Å². The average Bonchev–Trinajstić information content (AvgIpc) is 1.99. The van der Waals surface area contributed by atoms with Crippen molar-refractivity contribution in [3.63, 3.8) is 0 Å². The third kappa shape index (κ3) is 7.73. The minimum Gasteiger partial charge on any atom is -0.342 e. The minimum absolute atomic E-state index is 0.00498. The number of thioether (sulfide) groups is 1. The lowest BCUT2D eigenvalue weighted by molar-refractivity contribution is -0.118. The van der Waals surface area contributed by atoms with E-state index < -0.39 is 0 Å². The molecule has 0 radical (unpaired) electrons. The Kier molecular flexibility index (Phi) is 4.94. The normalized spacial score (nSPS) is 13.2. The first-order valence-corrected chi connectivity index (χ1v) is 5.23. The van der Waals surface area contributed by atoms with Crippen molar-refractivity contribution in [3.8, 4) is 12.3 Å². The molecule has 0 heterocycles. The summed E-state index contributed by atoms with van der Waals surface area (Å²) in [5.41, 5.74) is 0. The van der Waals surface area contributed by atoms with Crippen molar-refractivity contribution in [2.45, 2.75) is 38.5 Å². The molecule has 0 aromatic heterocycles. The molecule has 0 aliphatic heterocycles. The van der Waals surface area contributed by atoms with E-state index in [0.29, 0.717) is 5.75 Å². The van der Waals surface area contributed by atoms with Crippen LogP contribution in [0.2, 0.25) is 0 Å². The van der Waals surface area contributed by atoms with Gasteiger partial charge in [-0.05, 0) is 6.92 Å². The van der Waals surface area contributed by atoms with Crippen LogP contribution in [0.15, 0.2) is 0 Å². The molecule has 0 saturated carbocycles. The standard InChI is InChI=1S/C10H17NOS/c1-6-8(2)11-9(12)7-13-10(3,4)5/h1,8H,7H2,2-5H3,(H,11,12). The molecule has 0 aromatic rings. The lowest BCUT2D eigenvalue weighted by Crippen LogP contribution is -2.33. The molecule has 1 N–H and O–H groups in total. The highest BCUT2D eigenvalue weighted by molar-refractivity contribution is 8.01. The predicted octanol–water partition coefficient (Wildman–Crippen LogP) is 1.66. The summed E-state index contributed by atoms with van der Waals surface area (Å²) in [6.45, 7) is 8.03. The van der Waals surface area contributed by atoms with Crippen LogP contribution in [0.5, 0.6) is 0 Å². The van der Waals surface area contributed by atoms with Gasteiger partial charge in [-0.1, -0.05) is 26.7 Å². The summed E-state index contributed by atoms with van der Waals surface area (Å²) in [7, 11) is 0. The average molecular weight is 199 g/mol. The number of carbonyl (C=O) groups is 1. The molecule has 0 rings (SSSR count). The number of hydrogen-bond donors (Lipinski definition) is 1. The van der Waals surface area contributed by atoms with Crippen LogP contribution < -0.4 is 5.32 Å². The number of amides is 1. The molecule has 1 atom stereocenters. The van der Waals surface area contributed by atoms with E-state index in [2.05, 4.69) is 32.0 Å². The van der Waals surface area contributed by atoms with Gasteiger partial charge in [0.1, 0.15) is 0 Å². The van der Waals surface area contributed by atoms with Gasteiger partial charge in [0, 0.05) is 4.75 Å². The quantitative estimate of drug-likeness (QED) is 0.700. The molecular weight excluding hydrogens is 182 g/mol. The van der Waals surface area contributed by atoms with Gasteiger partial charge in [0.2, 0.25) is 5.91 Å². The largest absolute Gasteiger partial charge is 0.342 e. The van der Waals surface area contributed by atoms with E-state index in [9.17, 15) is 4.79 Å². The van der Waals surface area contributed by atoms with Gasteiger partial charge in [0.15, 0.2) is 0 Å². The summed E-state index contributed by atoms with van der Waals surface area (Å²) in [6, 6.07) is -0.173. The highest BCUT2D eigenvalue weighted by atomic mass is 32.2. The number of hydrogen-bond acceptors (Lipinski definition) is 2. The molecule has 0 spiro atoms. The van der Waals surface area contributed by atoms with Crippen molar-refractivity contribution in [1.29, 1.82) is 0 Å². The Hall–Kier alpha value is -0.620. The second-order valence-electron chi connectivity index (χ2n) is 3.86. The molecule has 0 aliphatic carbocycles. The fourth-order valence-electron chi connectivity index (χ4n) is 0.607. The number of terminal acetylenes is 1. The van der Waals surface area contributed by atoms with Crippen molar-refractivity contribution in [2.75, 3.05) is 5.75 Å². The summed E-state index contributed by atoms with van der Waals surface area (Å²) >= 11 is 1.61. The topological polar surface area (TPSA) is 29.1 Å². The lowest BCUT2D eigenvalue weighted by atomic mass is 10.3. The van der Waals surface area contributed by atoms with Crippen LogP contribution >= 0.6 is 11.8 Å². The zero-order valence-corrected chi connectivity index (χ0v) is 9.49. The van der Waals surface area contributed by atoms with Gasteiger partial charge < -0.3 is 5.32 Å². The molecule has 13 heavy (non-hydrogen) atoms. The molecule has 0 fully saturated rings. The number of carbonyl (C=O) groups excluding carboxylic acids is 1. The van der Waals surface area contributed by atoms with Crippen LogP contribution in [0.4, 0.5) is 0 Å². The molecule has 74 valence electrons. The van der Waals surface area contributed by atoms with E-state index in [1.807, 2.05) is 0 Å². The van der Waals surface area contributed by atoms with Gasteiger partial charge in [0.25, 0.3) is 0 Å². The maximum absolute atomic E-state index is 11.2. The van der Waals surface area contributed by atoms with Gasteiger partial charge in [-0.15, -0.1) is 18.2 Å². The maximum atomic E-state index is 11.2. The minimum atomic E-state index is -0.173. The van der Waals surface area contributed by atoms with Crippen molar-refractivity contribution in [1.82, 2.24) is 5.32 Å². The molecule has 3 heteroatoms. The van der Waals surface area contributed by atoms with Gasteiger partial charge in [0.05, 0.1) is 11.8 Å². The van der Waals surface area contributed by atoms with Crippen molar-refractivity contribution in [3.05, 3.63) is 0 Å². The van der Waals surface area contributed by atoms with Gasteiger partial charge >= 0.3 is 0 Å². The molecule has 2 nitrogen and oxygen atoms in total. The summed E-state index contributed by atoms with van der Waals surface area (Å²) in [6.07, 6.45) is 5.13. The molecule has 1 amide bonds. The van der Waals surface area contributed by atoms with E-state index in [1.54, 1.807) is 18.7 Å². The third-order valence-electron chi connectivity index (χ3n) is 1.26. The van der Waals surface area contributed by atoms with Crippen molar-refractivity contribution >= 4 is 17.7 Å². The second-order valence-corrected chi connectivity index (χ2v) is 5.66. The fourth-order valence-corrected chi connectivity index (χ4v) is 1.25. The molecular formula is C10H17NOS. The first-order chi connectivity index (χ1) is 5.85. The van der Waals surface area contributed by atoms with E-state index in [1.165, 1.54) is 0 Å². The SMILES string of the molecule is C#CC(C)NC(=O)CSC(C)(C)C. The molecule has 0 saturated heterocycles. The summed E-state index contributed by atoms with van der Waals surface area (Å²) in [5, 5.41) is 2.71. The first-order valence-electron chi connectivity index (χ1n) is 4.24. The maximum Gasteiger partial charge on any atom is 0.230 e. The van der Waals surface area contributed by atoms with Crippen LogP contribution in [0.1, 0.15) is 27.7 Å². The van der Waals surface area contributed by atoms with Crippen LogP contribution in [0, 0.1) is 12.3 Å². The summed E-state index contributed by atoms with van der Waals surface area (Å²) in [4.78, 5) is 11.2. The molecule has 0 aromatic carbocycles. The predicted molar refractivity (Wildman–Crippen MR) is 58.6 cm³/mol. The zero-order valence-electron chi connectivity index (χ0n) is 8.68. The van der Waals surface area contributed by atoms with E-state index in [4.69, 9.17) is 6.42 Å². The van der Waals surface area contributed by atoms with Gasteiger partial charge in [-0.25, -0.2) is 0 Å². The Bertz CT molecular complexity index is 212. The summed E-state index contributed by atoms with van der Waals surface area (Å²) < 4.78 is 0.122. The fraction of sp³-hybridized carbons (Fsp3) is 0.700. The molecule has 0 aliphatic rings. The Balaban J connectivity index is 3.72. The van der Waals surface area contributed by atoms with E-state index in [0.717, 1.165) is 0 Å². The lowest BCUT2D eigenvalue weighted by Gasteiger charge is -2.17. The van der Waals surface area contributed by atoms with Crippen LogP contribution in [-0.4, -0.2) is 22.4 Å². The van der Waals surface area contributed by atoms with Crippen molar-refractivity contribution in [2.24, 2.45) is 0 Å². The van der Waals surface area contributed by atoms with Crippen LogP contribution in [0.25, 0.3) is 0 Å². The van der Waals surface area contributed by atoms with Crippen LogP contribution in [-0.2, 0) is 4.79 Å².